The first-order chi connectivity index (χ1) is 16.8. The topological polar surface area (TPSA) is 122 Å². The smallest absolute Gasteiger partial charge is 0.407 e. The Morgan fingerprint density at radius 2 is 1.71 bits per heavy atom. The second-order valence-corrected chi connectivity index (χ2v) is 8.83. The molecule has 3 aromatic rings. The summed E-state index contributed by atoms with van der Waals surface area (Å²) < 4.78 is 10.5. The van der Waals surface area contributed by atoms with Gasteiger partial charge < -0.3 is 24.6 Å². The van der Waals surface area contributed by atoms with E-state index in [0.717, 1.165) is 28.5 Å². The van der Waals surface area contributed by atoms with Crippen molar-refractivity contribution >= 4 is 18.0 Å². The Labute approximate surface area is 202 Å². The number of aromatic nitrogens is 1. The zero-order valence-corrected chi connectivity index (χ0v) is 19.6. The fourth-order valence-corrected chi connectivity index (χ4v) is 4.36. The predicted molar refractivity (Wildman–Crippen MR) is 127 cm³/mol. The van der Waals surface area contributed by atoms with E-state index >= 15 is 0 Å². The lowest BCUT2D eigenvalue weighted by Crippen LogP contribution is -2.38. The summed E-state index contributed by atoms with van der Waals surface area (Å²) in [7, 11) is 0. The van der Waals surface area contributed by atoms with Gasteiger partial charge in [0.1, 0.15) is 30.7 Å². The van der Waals surface area contributed by atoms with E-state index in [9.17, 15) is 14.4 Å². The molecule has 9 nitrogen and oxygen atoms in total. The zero-order chi connectivity index (χ0) is 24.9. The number of aliphatic carboxylic acids is 1. The van der Waals surface area contributed by atoms with E-state index in [-0.39, 0.29) is 42.8 Å². The molecule has 0 radical (unpaired) electrons. The van der Waals surface area contributed by atoms with E-state index in [1.807, 2.05) is 50.2 Å². The van der Waals surface area contributed by atoms with E-state index in [2.05, 4.69) is 22.6 Å². The highest BCUT2D eigenvalue weighted by molar-refractivity contribution is 5.96. The van der Waals surface area contributed by atoms with Gasteiger partial charge in [0, 0.05) is 12.5 Å². The molecule has 2 aromatic carbocycles. The number of fused-ring (bicyclic) bond motifs is 3. The van der Waals surface area contributed by atoms with Crippen LogP contribution in [0.5, 0.6) is 0 Å². The summed E-state index contributed by atoms with van der Waals surface area (Å²) >= 11 is 0. The Morgan fingerprint density at radius 1 is 1.09 bits per heavy atom. The Balaban J connectivity index is 1.38. The SMILES string of the molecule is CC(C)CN(CC(=O)O)C(=O)c1conc1CNC(=O)OCC1c2ccccc2-c2ccccc21. The number of carbonyl (C=O) groups is 3. The highest BCUT2D eigenvalue weighted by Crippen LogP contribution is 2.44. The maximum Gasteiger partial charge on any atom is 0.407 e. The number of carboxylic acid groups (broad SMARTS) is 1. The Bertz CT molecular complexity index is 1190. The maximum absolute atomic E-state index is 12.9. The van der Waals surface area contributed by atoms with Crippen LogP contribution in [0.2, 0.25) is 0 Å². The molecule has 4 rings (SSSR count). The molecular formula is C26H27N3O6. The van der Waals surface area contributed by atoms with Gasteiger partial charge >= 0.3 is 12.1 Å². The quantitative estimate of drug-likeness (QED) is 0.479. The number of alkyl carbamates (subject to hydrolysis) is 1. The molecule has 0 spiro atoms. The van der Waals surface area contributed by atoms with Gasteiger partial charge in [-0.05, 0) is 28.2 Å². The van der Waals surface area contributed by atoms with Crippen LogP contribution in [-0.4, -0.2) is 52.8 Å². The third-order valence-electron chi connectivity index (χ3n) is 5.82. The second kappa shape index (κ2) is 10.4. The van der Waals surface area contributed by atoms with Gasteiger partial charge in [-0.1, -0.05) is 67.5 Å². The number of carboxylic acids is 1. The van der Waals surface area contributed by atoms with Crippen LogP contribution in [0.1, 0.15) is 46.9 Å². The number of hydrogen-bond donors (Lipinski definition) is 2. The monoisotopic (exact) mass is 477 g/mol. The van der Waals surface area contributed by atoms with E-state index in [1.165, 1.54) is 4.90 Å². The molecule has 0 unspecified atom stereocenters. The van der Waals surface area contributed by atoms with Crippen LogP contribution in [0, 0.1) is 5.92 Å². The number of benzene rings is 2. The highest BCUT2D eigenvalue weighted by Gasteiger charge is 2.29. The summed E-state index contributed by atoms with van der Waals surface area (Å²) in [4.78, 5) is 37.8. The minimum Gasteiger partial charge on any atom is -0.480 e. The molecule has 1 aromatic heterocycles. The molecule has 2 N–H and O–H groups in total. The van der Waals surface area contributed by atoms with Crippen LogP contribution in [0.25, 0.3) is 11.1 Å². The highest BCUT2D eigenvalue weighted by atomic mass is 16.5. The minimum atomic E-state index is -1.12. The van der Waals surface area contributed by atoms with Gasteiger partial charge in [-0.25, -0.2) is 4.79 Å². The third kappa shape index (κ3) is 5.34. The summed E-state index contributed by atoms with van der Waals surface area (Å²) in [6, 6.07) is 16.1. The minimum absolute atomic E-state index is 0.0700. The van der Waals surface area contributed by atoms with Crippen molar-refractivity contribution < 1.29 is 28.8 Å². The summed E-state index contributed by atoms with van der Waals surface area (Å²) in [5.74, 6) is -1.64. The molecule has 1 aliphatic rings. The Kier molecular flexibility index (Phi) is 7.14. The van der Waals surface area contributed by atoms with Crippen molar-refractivity contribution in [1.82, 2.24) is 15.4 Å². The molecule has 1 aliphatic carbocycles. The van der Waals surface area contributed by atoms with Crippen molar-refractivity contribution in [2.45, 2.75) is 26.3 Å². The summed E-state index contributed by atoms with van der Waals surface area (Å²) in [5.41, 5.74) is 4.78. The van der Waals surface area contributed by atoms with Crippen molar-refractivity contribution in [3.8, 4) is 11.1 Å². The van der Waals surface area contributed by atoms with Gasteiger partial charge in [0.15, 0.2) is 0 Å². The normalized spacial score (nSPS) is 12.2. The van der Waals surface area contributed by atoms with E-state index < -0.39 is 24.5 Å². The number of carbonyl (C=O) groups excluding carboxylic acids is 2. The van der Waals surface area contributed by atoms with E-state index in [4.69, 9.17) is 14.4 Å². The first kappa shape index (κ1) is 24.0. The zero-order valence-electron chi connectivity index (χ0n) is 19.6. The predicted octanol–water partition coefficient (Wildman–Crippen LogP) is 3.90. The lowest BCUT2D eigenvalue weighted by atomic mass is 9.98. The number of rotatable bonds is 9. The van der Waals surface area contributed by atoms with Crippen LogP contribution < -0.4 is 5.32 Å². The first-order valence-corrected chi connectivity index (χ1v) is 11.4. The lowest BCUT2D eigenvalue weighted by molar-refractivity contribution is -0.137. The van der Waals surface area contributed by atoms with Crippen LogP contribution in [0.15, 0.2) is 59.3 Å². The maximum atomic E-state index is 12.9. The molecule has 182 valence electrons. The van der Waals surface area contributed by atoms with Crippen molar-refractivity contribution in [3.63, 3.8) is 0 Å². The largest absolute Gasteiger partial charge is 0.480 e. The van der Waals surface area contributed by atoms with Crippen molar-refractivity contribution in [2.24, 2.45) is 5.92 Å². The van der Waals surface area contributed by atoms with Crippen molar-refractivity contribution in [2.75, 3.05) is 19.7 Å². The van der Waals surface area contributed by atoms with Gasteiger partial charge in [0.2, 0.25) is 0 Å². The van der Waals surface area contributed by atoms with Crippen molar-refractivity contribution in [1.29, 1.82) is 0 Å². The number of ether oxygens (including phenoxy) is 1. The fourth-order valence-electron chi connectivity index (χ4n) is 4.36. The van der Waals surface area contributed by atoms with Gasteiger partial charge in [-0.2, -0.15) is 0 Å². The van der Waals surface area contributed by atoms with Gasteiger partial charge in [0.25, 0.3) is 5.91 Å². The third-order valence-corrected chi connectivity index (χ3v) is 5.82. The molecule has 0 saturated heterocycles. The number of nitrogens with one attached hydrogen (secondary N) is 1. The molecule has 0 aliphatic heterocycles. The Morgan fingerprint density at radius 3 is 2.31 bits per heavy atom. The number of hydrogen-bond acceptors (Lipinski definition) is 6. The summed E-state index contributed by atoms with van der Waals surface area (Å²) in [5, 5.41) is 15.6. The van der Waals surface area contributed by atoms with Crippen molar-refractivity contribution in [3.05, 3.63) is 77.2 Å². The lowest BCUT2D eigenvalue weighted by Gasteiger charge is -2.22. The molecule has 0 atom stereocenters. The number of nitrogens with zero attached hydrogens (tertiary/aromatic N) is 2. The fraction of sp³-hybridized carbons (Fsp3) is 0.308. The number of amides is 2. The van der Waals surface area contributed by atoms with Gasteiger partial charge in [-0.15, -0.1) is 0 Å². The summed E-state index contributed by atoms with van der Waals surface area (Å²) in [6.07, 6.45) is 0.504. The standard InChI is InChI=1S/C26H27N3O6/c1-16(2)12-29(13-24(30)31)25(32)22-15-35-28-23(22)11-27-26(33)34-14-21-19-9-5-3-7-17(19)18-8-4-6-10-20(18)21/h3-10,15-16,21H,11-14H2,1-2H3,(H,27,33)(H,30,31). The average molecular weight is 478 g/mol. The molecule has 35 heavy (non-hydrogen) atoms. The average Bonchev–Trinajstić information content (AvgIpc) is 3.42. The molecule has 2 amide bonds. The van der Waals surface area contributed by atoms with E-state index in [1.54, 1.807) is 0 Å². The molecule has 0 saturated carbocycles. The van der Waals surface area contributed by atoms with Gasteiger partial charge in [0.05, 0.1) is 6.54 Å². The van der Waals surface area contributed by atoms with Crippen LogP contribution in [0.4, 0.5) is 4.79 Å². The first-order valence-electron chi connectivity index (χ1n) is 11.4. The van der Waals surface area contributed by atoms with Gasteiger partial charge in [-0.3, -0.25) is 9.59 Å². The molecule has 0 fully saturated rings. The van der Waals surface area contributed by atoms with Crippen LogP contribution in [0.3, 0.4) is 0 Å². The molecule has 1 heterocycles. The van der Waals surface area contributed by atoms with Crippen LogP contribution >= 0.6 is 0 Å². The van der Waals surface area contributed by atoms with Crippen LogP contribution in [-0.2, 0) is 16.1 Å². The molecule has 9 heteroatoms. The Hall–Kier alpha value is -4.14. The molecular weight excluding hydrogens is 450 g/mol. The molecule has 0 bridgehead atoms. The summed E-state index contributed by atoms with van der Waals surface area (Å²) in [6.45, 7) is 3.64. The second-order valence-electron chi connectivity index (χ2n) is 8.83. The van der Waals surface area contributed by atoms with E-state index in [0.29, 0.717) is 0 Å².